The van der Waals surface area contributed by atoms with Gasteiger partial charge in [-0.05, 0) is 54.8 Å². The maximum atomic E-state index is 12.6. The van der Waals surface area contributed by atoms with Crippen LogP contribution in [0.25, 0.3) is 0 Å². The second-order valence-corrected chi connectivity index (χ2v) is 9.33. The van der Waals surface area contributed by atoms with Gasteiger partial charge in [0.15, 0.2) is 0 Å². The van der Waals surface area contributed by atoms with Crippen LogP contribution in [0, 0.1) is 6.92 Å². The van der Waals surface area contributed by atoms with Crippen molar-refractivity contribution < 1.29 is 17.9 Å². The highest BCUT2D eigenvalue weighted by Gasteiger charge is 2.22. The molecule has 1 amide bonds. The Kier molecular flexibility index (Phi) is 7.48. The minimum absolute atomic E-state index is 0.219. The van der Waals surface area contributed by atoms with Crippen molar-refractivity contribution in [3.63, 3.8) is 0 Å². The van der Waals surface area contributed by atoms with Crippen molar-refractivity contribution >= 4 is 37.5 Å². The van der Waals surface area contributed by atoms with E-state index in [4.69, 9.17) is 4.74 Å². The molecule has 2 rings (SSSR count). The number of methoxy groups -OCH3 is 1. The molecule has 0 aliphatic carbocycles. The summed E-state index contributed by atoms with van der Waals surface area (Å²) in [5.41, 5.74) is 2.36. The largest absolute Gasteiger partial charge is 0.496 e. The molecule has 2 aromatic carbocycles. The molecule has 0 heterocycles. The first-order chi connectivity index (χ1) is 13.2. The van der Waals surface area contributed by atoms with Gasteiger partial charge in [0.25, 0.3) is 0 Å². The van der Waals surface area contributed by atoms with E-state index >= 15 is 0 Å². The average Bonchev–Trinajstić information content (AvgIpc) is 2.64. The molecule has 1 atom stereocenters. The van der Waals surface area contributed by atoms with Gasteiger partial charge in [-0.1, -0.05) is 35.0 Å². The molecular formula is C20H25BrN2O4S. The molecule has 0 saturated carbocycles. The Morgan fingerprint density at radius 2 is 1.86 bits per heavy atom. The third kappa shape index (κ3) is 5.72. The third-order valence-electron chi connectivity index (χ3n) is 4.37. The van der Waals surface area contributed by atoms with Gasteiger partial charge < -0.3 is 10.1 Å². The summed E-state index contributed by atoms with van der Waals surface area (Å²) in [4.78, 5) is 12.6. The summed E-state index contributed by atoms with van der Waals surface area (Å²) in [5.74, 6) is 0.414. The Bertz CT molecular complexity index is 930. The minimum atomic E-state index is -3.61. The lowest BCUT2D eigenvalue weighted by Gasteiger charge is -2.24. The number of nitrogens with one attached hydrogen (secondary N) is 1. The molecule has 28 heavy (non-hydrogen) atoms. The predicted octanol–water partition coefficient (Wildman–Crippen LogP) is 3.80. The summed E-state index contributed by atoms with van der Waals surface area (Å²) in [5, 5.41) is 2.94. The van der Waals surface area contributed by atoms with Gasteiger partial charge in [-0.25, -0.2) is 8.42 Å². The highest BCUT2D eigenvalue weighted by Crippen LogP contribution is 2.25. The van der Waals surface area contributed by atoms with E-state index in [1.165, 1.54) is 0 Å². The Morgan fingerprint density at radius 3 is 2.36 bits per heavy atom. The number of nitrogens with zero attached hydrogens (tertiary/aromatic N) is 1. The molecule has 6 nitrogen and oxygen atoms in total. The Balaban J connectivity index is 2.18. The van der Waals surface area contributed by atoms with E-state index in [1.54, 1.807) is 31.4 Å². The maximum Gasteiger partial charge on any atom is 0.241 e. The van der Waals surface area contributed by atoms with Crippen LogP contribution in [0.1, 0.15) is 30.5 Å². The van der Waals surface area contributed by atoms with Crippen LogP contribution in [0.2, 0.25) is 0 Å². The van der Waals surface area contributed by atoms with Crippen LogP contribution in [0.15, 0.2) is 46.9 Å². The van der Waals surface area contributed by atoms with Gasteiger partial charge in [-0.3, -0.25) is 9.10 Å². The lowest BCUT2D eigenvalue weighted by atomic mass is 10.0. The van der Waals surface area contributed by atoms with Gasteiger partial charge in [0.1, 0.15) is 12.3 Å². The van der Waals surface area contributed by atoms with E-state index in [2.05, 4.69) is 21.2 Å². The number of benzene rings is 2. The van der Waals surface area contributed by atoms with E-state index in [9.17, 15) is 13.2 Å². The number of carbonyl (C=O) groups is 1. The van der Waals surface area contributed by atoms with Crippen molar-refractivity contribution in [2.75, 3.05) is 24.2 Å². The Labute approximate surface area is 175 Å². The second kappa shape index (κ2) is 9.43. The van der Waals surface area contributed by atoms with Gasteiger partial charge in [-0.15, -0.1) is 0 Å². The van der Waals surface area contributed by atoms with Crippen LogP contribution in [0.4, 0.5) is 5.69 Å². The quantitative estimate of drug-likeness (QED) is 0.638. The molecule has 0 radical (unpaired) electrons. The number of sulfonamides is 1. The number of hydrogen-bond donors (Lipinski definition) is 1. The molecule has 0 bridgehead atoms. The number of amides is 1. The summed E-state index contributed by atoms with van der Waals surface area (Å²) in [7, 11) is -1.99. The number of anilines is 1. The molecule has 0 fully saturated rings. The fraction of sp³-hybridized carbons (Fsp3) is 0.350. The van der Waals surface area contributed by atoms with E-state index in [-0.39, 0.29) is 18.5 Å². The monoisotopic (exact) mass is 468 g/mol. The van der Waals surface area contributed by atoms with Crippen molar-refractivity contribution in [2.45, 2.75) is 26.3 Å². The van der Waals surface area contributed by atoms with Crippen LogP contribution in [0.3, 0.4) is 0 Å². The lowest BCUT2D eigenvalue weighted by Crippen LogP contribution is -2.41. The number of ether oxygens (including phenoxy) is 1. The molecule has 0 spiro atoms. The highest BCUT2D eigenvalue weighted by molar-refractivity contribution is 9.10. The number of aryl methyl sites for hydroxylation is 1. The van der Waals surface area contributed by atoms with Crippen LogP contribution < -0.4 is 14.4 Å². The summed E-state index contributed by atoms with van der Waals surface area (Å²) >= 11 is 3.32. The molecule has 0 aliphatic rings. The van der Waals surface area contributed by atoms with E-state index in [0.29, 0.717) is 12.1 Å². The smallest absolute Gasteiger partial charge is 0.241 e. The van der Waals surface area contributed by atoms with Crippen molar-refractivity contribution in [3.05, 3.63) is 58.1 Å². The normalized spacial score (nSPS) is 12.3. The van der Waals surface area contributed by atoms with Gasteiger partial charge in [0.05, 0.1) is 25.1 Å². The molecule has 152 valence electrons. The molecule has 2 aromatic rings. The fourth-order valence-corrected chi connectivity index (χ4v) is 4.04. The fourth-order valence-electron chi connectivity index (χ4n) is 2.92. The summed E-state index contributed by atoms with van der Waals surface area (Å²) in [6.45, 7) is 3.62. The van der Waals surface area contributed by atoms with Crippen molar-refractivity contribution in [2.24, 2.45) is 0 Å². The molecule has 0 saturated heterocycles. The first-order valence-electron chi connectivity index (χ1n) is 8.83. The number of halogens is 1. The average molecular weight is 469 g/mol. The standard InChI is InChI=1S/C20H25BrN2O4S/c1-5-18(15-6-11-19(27-3)14(2)12-15)22-20(24)13-23(28(4,25)26)17-9-7-16(21)8-10-17/h6-12,18H,5,13H2,1-4H3,(H,22,24). The van der Waals surface area contributed by atoms with Crippen molar-refractivity contribution in [1.82, 2.24) is 5.32 Å². The zero-order valence-corrected chi connectivity index (χ0v) is 18.8. The molecule has 8 heteroatoms. The van der Waals surface area contributed by atoms with Crippen LogP contribution >= 0.6 is 15.9 Å². The summed E-state index contributed by atoms with van der Waals surface area (Å²) in [6.07, 6.45) is 1.77. The van der Waals surface area contributed by atoms with Gasteiger partial charge in [0.2, 0.25) is 15.9 Å². The van der Waals surface area contributed by atoms with Crippen molar-refractivity contribution in [1.29, 1.82) is 0 Å². The first kappa shape index (κ1) is 22.2. The van der Waals surface area contributed by atoms with Gasteiger partial charge >= 0.3 is 0 Å². The lowest BCUT2D eigenvalue weighted by molar-refractivity contribution is -0.120. The summed E-state index contributed by atoms with van der Waals surface area (Å²) < 4.78 is 31.6. The van der Waals surface area contributed by atoms with Crippen LogP contribution in [-0.4, -0.2) is 34.2 Å². The van der Waals surface area contributed by atoms with E-state index in [0.717, 1.165) is 31.9 Å². The van der Waals surface area contributed by atoms with Gasteiger partial charge in [-0.2, -0.15) is 0 Å². The first-order valence-corrected chi connectivity index (χ1v) is 11.5. The zero-order chi connectivity index (χ0) is 20.9. The maximum absolute atomic E-state index is 12.6. The second-order valence-electron chi connectivity index (χ2n) is 6.50. The van der Waals surface area contributed by atoms with E-state index < -0.39 is 10.0 Å². The molecular weight excluding hydrogens is 444 g/mol. The van der Waals surface area contributed by atoms with Crippen molar-refractivity contribution in [3.8, 4) is 5.75 Å². The number of hydrogen-bond acceptors (Lipinski definition) is 4. The predicted molar refractivity (Wildman–Crippen MR) is 115 cm³/mol. The van der Waals surface area contributed by atoms with Gasteiger partial charge in [0, 0.05) is 4.47 Å². The summed E-state index contributed by atoms with van der Waals surface area (Å²) in [6, 6.07) is 12.3. The van der Waals surface area contributed by atoms with Crippen LogP contribution in [-0.2, 0) is 14.8 Å². The molecule has 0 aromatic heterocycles. The topological polar surface area (TPSA) is 75.7 Å². The minimum Gasteiger partial charge on any atom is -0.496 e. The highest BCUT2D eigenvalue weighted by atomic mass is 79.9. The third-order valence-corrected chi connectivity index (χ3v) is 6.04. The Hall–Kier alpha value is -2.06. The van der Waals surface area contributed by atoms with Crippen LogP contribution in [0.5, 0.6) is 5.75 Å². The molecule has 0 aliphatic heterocycles. The molecule has 1 N–H and O–H groups in total. The number of rotatable bonds is 8. The Morgan fingerprint density at radius 1 is 1.21 bits per heavy atom. The zero-order valence-electron chi connectivity index (χ0n) is 16.4. The molecule has 1 unspecified atom stereocenters. The SMILES string of the molecule is CCC(NC(=O)CN(c1ccc(Br)cc1)S(C)(=O)=O)c1ccc(OC)c(C)c1. The number of carbonyl (C=O) groups excluding carboxylic acids is 1. The van der Waals surface area contributed by atoms with E-state index in [1.807, 2.05) is 32.0 Å².